The van der Waals surface area contributed by atoms with Gasteiger partial charge in [-0.1, -0.05) is 30.3 Å². The highest BCUT2D eigenvalue weighted by molar-refractivity contribution is 7.98. The van der Waals surface area contributed by atoms with E-state index in [0.717, 1.165) is 17.9 Å². The second-order valence-electron chi connectivity index (χ2n) is 3.30. The summed E-state index contributed by atoms with van der Waals surface area (Å²) in [5, 5.41) is 0. The summed E-state index contributed by atoms with van der Waals surface area (Å²) in [6, 6.07) is 10.9. The van der Waals surface area contributed by atoms with E-state index in [0.29, 0.717) is 6.04 Å². The lowest BCUT2D eigenvalue weighted by Gasteiger charge is -2.04. The van der Waals surface area contributed by atoms with Crippen LogP contribution in [-0.4, -0.2) is 11.8 Å². The first-order valence-corrected chi connectivity index (χ1v) is 5.82. The lowest BCUT2D eigenvalue weighted by atomic mass is 10.2. The highest BCUT2D eigenvalue weighted by atomic mass is 32.2. The average Bonchev–Trinajstić information content (AvgIpc) is 2.14. The van der Waals surface area contributed by atoms with Crippen molar-refractivity contribution < 1.29 is 0 Å². The quantitative estimate of drug-likeness (QED) is 0.731. The van der Waals surface area contributed by atoms with Gasteiger partial charge in [-0.15, -0.1) is 0 Å². The van der Waals surface area contributed by atoms with Gasteiger partial charge in [0.15, 0.2) is 0 Å². The Balaban J connectivity index is 2.13. The van der Waals surface area contributed by atoms with Crippen molar-refractivity contribution in [3.63, 3.8) is 0 Å². The predicted molar refractivity (Wildman–Crippen MR) is 60.9 cm³/mol. The molecule has 0 bridgehead atoms. The number of benzene rings is 1. The van der Waals surface area contributed by atoms with Crippen LogP contribution in [0, 0.1) is 0 Å². The molecule has 0 aliphatic carbocycles. The Bertz CT molecular complexity index is 221. The third-order valence-corrected chi connectivity index (χ3v) is 2.89. The molecule has 0 heterocycles. The Morgan fingerprint density at radius 2 is 2.00 bits per heavy atom. The van der Waals surface area contributed by atoms with Crippen LogP contribution in [0.4, 0.5) is 0 Å². The Hall–Kier alpha value is -0.470. The van der Waals surface area contributed by atoms with Gasteiger partial charge in [0.05, 0.1) is 0 Å². The molecule has 0 saturated heterocycles. The molecular weight excluding hydrogens is 178 g/mol. The van der Waals surface area contributed by atoms with Gasteiger partial charge in [0.2, 0.25) is 0 Å². The molecule has 2 heteroatoms. The summed E-state index contributed by atoms with van der Waals surface area (Å²) in [6.07, 6.45) is 1.11. The van der Waals surface area contributed by atoms with Crippen LogP contribution in [0.5, 0.6) is 0 Å². The molecule has 13 heavy (non-hydrogen) atoms. The van der Waals surface area contributed by atoms with Crippen molar-refractivity contribution >= 4 is 11.8 Å². The van der Waals surface area contributed by atoms with E-state index in [4.69, 9.17) is 5.73 Å². The molecule has 1 rings (SSSR count). The molecule has 0 aliphatic heterocycles. The van der Waals surface area contributed by atoms with Crippen molar-refractivity contribution in [2.45, 2.75) is 25.1 Å². The number of hydrogen-bond acceptors (Lipinski definition) is 2. The molecule has 0 amide bonds. The van der Waals surface area contributed by atoms with Crippen LogP contribution in [0.2, 0.25) is 0 Å². The molecule has 2 N–H and O–H groups in total. The molecule has 72 valence electrons. The van der Waals surface area contributed by atoms with E-state index in [1.807, 2.05) is 11.8 Å². The normalized spacial score (nSPS) is 12.8. The summed E-state index contributed by atoms with van der Waals surface area (Å²) in [6.45, 7) is 2.06. The van der Waals surface area contributed by atoms with Gasteiger partial charge in [0.25, 0.3) is 0 Å². The van der Waals surface area contributed by atoms with Crippen LogP contribution in [0.15, 0.2) is 30.3 Å². The third-order valence-electron chi connectivity index (χ3n) is 1.83. The molecular formula is C11H17NS. The van der Waals surface area contributed by atoms with Gasteiger partial charge in [-0.2, -0.15) is 11.8 Å². The lowest BCUT2D eigenvalue weighted by molar-refractivity contribution is 0.721. The maximum atomic E-state index is 5.66. The summed E-state index contributed by atoms with van der Waals surface area (Å²) >= 11 is 1.95. The molecule has 1 atom stereocenters. The monoisotopic (exact) mass is 195 g/mol. The summed E-state index contributed by atoms with van der Waals surface area (Å²) in [4.78, 5) is 0. The molecule has 0 fully saturated rings. The maximum absolute atomic E-state index is 5.66. The zero-order chi connectivity index (χ0) is 9.52. The average molecular weight is 195 g/mol. The van der Waals surface area contributed by atoms with E-state index in [-0.39, 0.29) is 0 Å². The van der Waals surface area contributed by atoms with Crippen LogP contribution in [-0.2, 0) is 5.75 Å². The van der Waals surface area contributed by atoms with E-state index < -0.39 is 0 Å². The van der Waals surface area contributed by atoms with E-state index >= 15 is 0 Å². The molecule has 0 saturated carbocycles. The topological polar surface area (TPSA) is 26.0 Å². The number of rotatable bonds is 5. The third kappa shape index (κ3) is 4.96. The van der Waals surface area contributed by atoms with Crippen molar-refractivity contribution in [2.24, 2.45) is 5.73 Å². The molecule has 0 spiro atoms. The number of nitrogens with two attached hydrogens (primary N) is 1. The first kappa shape index (κ1) is 10.6. The van der Waals surface area contributed by atoms with Crippen molar-refractivity contribution in [1.29, 1.82) is 0 Å². The molecule has 1 aromatic carbocycles. The summed E-state index contributed by atoms with van der Waals surface area (Å²) < 4.78 is 0. The SMILES string of the molecule is CC(N)CCSCc1ccccc1. The van der Waals surface area contributed by atoms with Crippen molar-refractivity contribution in [1.82, 2.24) is 0 Å². The first-order chi connectivity index (χ1) is 6.29. The van der Waals surface area contributed by atoms with Crippen LogP contribution in [0.1, 0.15) is 18.9 Å². The minimum Gasteiger partial charge on any atom is -0.328 e. The smallest absolute Gasteiger partial charge is 0.0184 e. The fraction of sp³-hybridized carbons (Fsp3) is 0.455. The van der Waals surface area contributed by atoms with Gasteiger partial charge >= 0.3 is 0 Å². The van der Waals surface area contributed by atoms with Gasteiger partial charge in [-0.25, -0.2) is 0 Å². The lowest BCUT2D eigenvalue weighted by Crippen LogP contribution is -2.15. The Morgan fingerprint density at radius 1 is 1.31 bits per heavy atom. The van der Waals surface area contributed by atoms with Crippen LogP contribution in [0.25, 0.3) is 0 Å². The fourth-order valence-electron chi connectivity index (χ4n) is 1.03. The molecule has 1 aromatic rings. The Morgan fingerprint density at radius 3 is 2.62 bits per heavy atom. The fourth-order valence-corrected chi connectivity index (χ4v) is 2.14. The van der Waals surface area contributed by atoms with Crippen molar-refractivity contribution in [2.75, 3.05) is 5.75 Å². The predicted octanol–water partition coefficient (Wildman–Crippen LogP) is 2.66. The van der Waals surface area contributed by atoms with Gasteiger partial charge < -0.3 is 5.73 Å². The zero-order valence-corrected chi connectivity index (χ0v) is 8.89. The molecule has 0 aromatic heterocycles. The Kier molecular flexibility index (Phi) is 4.94. The summed E-state index contributed by atoms with van der Waals surface area (Å²) in [5.74, 6) is 2.26. The van der Waals surface area contributed by atoms with Crippen LogP contribution < -0.4 is 5.73 Å². The van der Waals surface area contributed by atoms with Crippen LogP contribution >= 0.6 is 11.8 Å². The largest absolute Gasteiger partial charge is 0.328 e. The van der Waals surface area contributed by atoms with E-state index in [2.05, 4.69) is 37.3 Å². The van der Waals surface area contributed by atoms with E-state index in [1.165, 1.54) is 5.56 Å². The second kappa shape index (κ2) is 6.06. The van der Waals surface area contributed by atoms with Gasteiger partial charge in [-0.3, -0.25) is 0 Å². The first-order valence-electron chi connectivity index (χ1n) is 4.66. The standard InChI is InChI=1S/C11H17NS/c1-10(12)7-8-13-9-11-5-3-2-4-6-11/h2-6,10H,7-9,12H2,1H3. The minimum absolute atomic E-state index is 0.336. The van der Waals surface area contributed by atoms with Gasteiger partial charge in [0.1, 0.15) is 0 Å². The summed E-state index contributed by atoms with van der Waals surface area (Å²) in [5.41, 5.74) is 7.06. The molecule has 1 nitrogen and oxygen atoms in total. The van der Waals surface area contributed by atoms with Crippen molar-refractivity contribution in [3.8, 4) is 0 Å². The maximum Gasteiger partial charge on any atom is 0.0184 e. The number of thioether (sulfide) groups is 1. The van der Waals surface area contributed by atoms with Crippen molar-refractivity contribution in [3.05, 3.63) is 35.9 Å². The van der Waals surface area contributed by atoms with Gasteiger partial charge in [-0.05, 0) is 24.7 Å². The highest BCUT2D eigenvalue weighted by Gasteiger charge is 1.95. The molecule has 1 unspecified atom stereocenters. The van der Waals surface area contributed by atoms with E-state index in [1.54, 1.807) is 0 Å². The minimum atomic E-state index is 0.336. The van der Waals surface area contributed by atoms with Gasteiger partial charge in [0, 0.05) is 11.8 Å². The Labute approximate surface area is 84.7 Å². The second-order valence-corrected chi connectivity index (χ2v) is 4.41. The summed E-state index contributed by atoms with van der Waals surface area (Å²) in [7, 11) is 0. The zero-order valence-electron chi connectivity index (χ0n) is 8.07. The highest BCUT2D eigenvalue weighted by Crippen LogP contribution is 2.12. The number of hydrogen-bond donors (Lipinski definition) is 1. The molecule has 0 radical (unpaired) electrons. The molecule has 0 aliphatic rings. The van der Waals surface area contributed by atoms with E-state index in [9.17, 15) is 0 Å². The van der Waals surface area contributed by atoms with Crippen LogP contribution in [0.3, 0.4) is 0 Å².